The van der Waals surface area contributed by atoms with Crippen molar-refractivity contribution in [2.45, 2.75) is 6.92 Å². The fourth-order valence-electron chi connectivity index (χ4n) is 1.31. The molecule has 1 aromatic rings. The number of ether oxygens (including phenoxy) is 2. The van der Waals surface area contributed by atoms with E-state index in [2.05, 4.69) is 0 Å². The summed E-state index contributed by atoms with van der Waals surface area (Å²) < 4.78 is 10.0. The average molecular weight is 240 g/mol. The van der Waals surface area contributed by atoms with Crippen LogP contribution in [-0.2, 0) is 4.79 Å². The second-order valence-electron chi connectivity index (χ2n) is 3.09. The summed E-state index contributed by atoms with van der Waals surface area (Å²) in [7, 11) is 1.33. The SMILES string of the molecule is CCOc1cc(C(=O)C(=O)O)cc(O)c1OC. The van der Waals surface area contributed by atoms with Crippen molar-refractivity contribution in [2.75, 3.05) is 13.7 Å². The van der Waals surface area contributed by atoms with Gasteiger partial charge in [0.25, 0.3) is 5.78 Å². The highest BCUT2D eigenvalue weighted by Gasteiger charge is 2.20. The lowest BCUT2D eigenvalue weighted by atomic mass is 10.1. The van der Waals surface area contributed by atoms with Gasteiger partial charge in [-0.3, -0.25) is 4.79 Å². The van der Waals surface area contributed by atoms with E-state index >= 15 is 0 Å². The van der Waals surface area contributed by atoms with Crippen LogP contribution in [0.2, 0.25) is 0 Å². The lowest BCUT2D eigenvalue weighted by molar-refractivity contribution is -0.131. The topological polar surface area (TPSA) is 93.1 Å². The molecule has 0 unspecified atom stereocenters. The van der Waals surface area contributed by atoms with E-state index < -0.39 is 11.8 Å². The highest BCUT2D eigenvalue weighted by molar-refractivity contribution is 6.40. The predicted octanol–water partition coefficient (Wildman–Crippen LogP) is 1.07. The lowest BCUT2D eigenvalue weighted by Crippen LogP contribution is -2.13. The third kappa shape index (κ3) is 2.66. The van der Waals surface area contributed by atoms with Gasteiger partial charge in [0, 0.05) is 5.56 Å². The van der Waals surface area contributed by atoms with Crippen molar-refractivity contribution in [3.63, 3.8) is 0 Å². The van der Waals surface area contributed by atoms with Crippen molar-refractivity contribution in [3.05, 3.63) is 17.7 Å². The second kappa shape index (κ2) is 5.20. The number of carbonyl (C=O) groups is 2. The van der Waals surface area contributed by atoms with Gasteiger partial charge in [-0.2, -0.15) is 0 Å². The normalized spacial score (nSPS) is 9.76. The molecule has 0 saturated carbocycles. The molecule has 0 amide bonds. The van der Waals surface area contributed by atoms with E-state index in [0.29, 0.717) is 6.61 Å². The number of benzene rings is 1. The van der Waals surface area contributed by atoms with Crippen LogP contribution in [0.25, 0.3) is 0 Å². The minimum atomic E-state index is -1.60. The molecule has 0 aliphatic rings. The van der Waals surface area contributed by atoms with Gasteiger partial charge in [-0.1, -0.05) is 0 Å². The molecule has 0 heterocycles. The maximum absolute atomic E-state index is 11.2. The van der Waals surface area contributed by atoms with Crippen LogP contribution in [0.1, 0.15) is 17.3 Å². The number of hydrogen-bond donors (Lipinski definition) is 2. The standard InChI is InChI=1S/C11H12O6/c1-3-17-8-5-6(9(13)11(14)15)4-7(12)10(8)16-2/h4-5,12H,3H2,1-2H3,(H,14,15). The molecule has 0 aromatic heterocycles. The van der Waals surface area contributed by atoms with Crippen LogP contribution in [0.15, 0.2) is 12.1 Å². The van der Waals surface area contributed by atoms with Gasteiger partial charge in [-0.15, -0.1) is 0 Å². The zero-order valence-electron chi connectivity index (χ0n) is 9.39. The fourth-order valence-corrected chi connectivity index (χ4v) is 1.31. The van der Waals surface area contributed by atoms with E-state index in [1.165, 1.54) is 13.2 Å². The molecular weight excluding hydrogens is 228 g/mol. The summed E-state index contributed by atoms with van der Waals surface area (Å²) in [6.07, 6.45) is 0. The minimum absolute atomic E-state index is 0.0637. The van der Waals surface area contributed by atoms with Crippen LogP contribution in [0, 0.1) is 0 Å². The number of hydrogen-bond acceptors (Lipinski definition) is 5. The maximum atomic E-state index is 11.2. The summed E-state index contributed by atoms with van der Waals surface area (Å²) in [5.74, 6) is -2.88. The first-order valence-electron chi connectivity index (χ1n) is 4.82. The van der Waals surface area contributed by atoms with Gasteiger partial charge in [0.15, 0.2) is 11.5 Å². The third-order valence-electron chi connectivity index (χ3n) is 2.00. The van der Waals surface area contributed by atoms with Gasteiger partial charge in [-0.05, 0) is 19.1 Å². The number of phenols is 1. The summed E-state index contributed by atoms with van der Waals surface area (Å²) in [5, 5.41) is 18.1. The van der Waals surface area contributed by atoms with Crippen molar-refractivity contribution < 1.29 is 29.3 Å². The van der Waals surface area contributed by atoms with Gasteiger partial charge in [0.05, 0.1) is 13.7 Å². The molecule has 0 fully saturated rings. The average Bonchev–Trinajstić information content (AvgIpc) is 2.28. The molecule has 0 bridgehead atoms. The van der Waals surface area contributed by atoms with E-state index in [1.54, 1.807) is 6.92 Å². The minimum Gasteiger partial charge on any atom is -0.504 e. The van der Waals surface area contributed by atoms with Gasteiger partial charge >= 0.3 is 5.97 Å². The molecule has 0 atom stereocenters. The highest BCUT2D eigenvalue weighted by atomic mass is 16.5. The Bertz CT molecular complexity index is 452. The Kier molecular flexibility index (Phi) is 3.92. The first kappa shape index (κ1) is 12.8. The molecule has 0 aliphatic heterocycles. The number of Topliss-reactive ketones (excluding diaryl/α,β-unsaturated/α-hetero) is 1. The molecular formula is C11H12O6. The highest BCUT2D eigenvalue weighted by Crippen LogP contribution is 2.37. The Hall–Kier alpha value is -2.24. The van der Waals surface area contributed by atoms with Crippen LogP contribution in [0.3, 0.4) is 0 Å². The molecule has 1 rings (SSSR count). The van der Waals surface area contributed by atoms with E-state index in [0.717, 1.165) is 6.07 Å². The van der Waals surface area contributed by atoms with E-state index in [-0.39, 0.29) is 22.8 Å². The number of aromatic hydroxyl groups is 1. The second-order valence-corrected chi connectivity index (χ2v) is 3.09. The molecule has 0 saturated heterocycles. The Morgan fingerprint density at radius 2 is 2.00 bits per heavy atom. The van der Waals surface area contributed by atoms with Crippen molar-refractivity contribution in [2.24, 2.45) is 0 Å². The van der Waals surface area contributed by atoms with Crippen LogP contribution < -0.4 is 9.47 Å². The van der Waals surface area contributed by atoms with Gasteiger partial charge in [0.1, 0.15) is 0 Å². The largest absolute Gasteiger partial charge is 0.504 e. The summed E-state index contributed by atoms with van der Waals surface area (Å²) in [4.78, 5) is 21.8. The smallest absolute Gasteiger partial charge is 0.377 e. The molecule has 0 radical (unpaired) electrons. The Morgan fingerprint density at radius 3 is 2.47 bits per heavy atom. The van der Waals surface area contributed by atoms with E-state index in [4.69, 9.17) is 14.6 Å². The molecule has 17 heavy (non-hydrogen) atoms. The fraction of sp³-hybridized carbons (Fsp3) is 0.273. The molecule has 0 aliphatic carbocycles. The van der Waals surface area contributed by atoms with Gasteiger partial charge < -0.3 is 19.7 Å². The van der Waals surface area contributed by atoms with Crippen molar-refractivity contribution in [1.29, 1.82) is 0 Å². The van der Waals surface area contributed by atoms with E-state index in [1.807, 2.05) is 0 Å². The summed E-state index contributed by atoms with van der Waals surface area (Å²) >= 11 is 0. The lowest BCUT2D eigenvalue weighted by Gasteiger charge is -2.11. The molecule has 2 N–H and O–H groups in total. The Balaban J connectivity index is 3.28. The zero-order valence-corrected chi connectivity index (χ0v) is 9.39. The molecule has 92 valence electrons. The summed E-state index contributed by atoms with van der Waals surface area (Å²) in [6, 6.07) is 2.25. The first-order valence-corrected chi connectivity index (χ1v) is 4.82. The van der Waals surface area contributed by atoms with Crippen molar-refractivity contribution in [3.8, 4) is 17.2 Å². The van der Waals surface area contributed by atoms with Crippen LogP contribution in [-0.4, -0.2) is 35.7 Å². The Labute approximate surface area is 97.4 Å². The molecule has 6 heteroatoms. The molecule has 1 aromatic carbocycles. The number of aliphatic carboxylic acids is 1. The van der Waals surface area contributed by atoms with Crippen LogP contribution >= 0.6 is 0 Å². The number of carbonyl (C=O) groups excluding carboxylic acids is 1. The molecule has 0 spiro atoms. The van der Waals surface area contributed by atoms with Crippen LogP contribution in [0.5, 0.6) is 17.2 Å². The number of phenolic OH excluding ortho intramolecular Hbond substituents is 1. The number of carboxylic acids is 1. The number of methoxy groups -OCH3 is 1. The maximum Gasteiger partial charge on any atom is 0.377 e. The third-order valence-corrected chi connectivity index (χ3v) is 2.00. The monoisotopic (exact) mass is 240 g/mol. The summed E-state index contributed by atoms with van der Waals surface area (Å²) in [5.41, 5.74) is -0.167. The predicted molar refractivity (Wildman–Crippen MR) is 57.8 cm³/mol. The number of ketones is 1. The van der Waals surface area contributed by atoms with Crippen molar-refractivity contribution >= 4 is 11.8 Å². The van der Waals surface area contributed by atoms with Gasteiger partial charge in [-0.25, -0.2) is 4.79 Å². The number of rotatable bonds is 5. The van der Waals surface area contributed by atoms with Crippen LogP contribution in [0.4, 0.5) is 0 Å². The van der Waals surface area contributed by atoms with Crippen molar-refractivity contribution in [1.82, 2.24) is 0 Å². The molecule has 6 nitrogen and oxygen atoms in total. The Morgan fingerprint density at radius 1 is 1.35 bits per heavy atom. The first-order chi connectivity index (χ1) is 8.01. The number of carboxylic acid groups (broad SMARTS) is 1. The summed E-state index contributed by atoms with van der Waals surface area (Å²) in [6.45, 7) is 2.00. The van der Waals surface area contributed by atoms with Gasteiger partial charge in [0.2, 0.25) is 5.75 Å². The zero-order chi connectivity index (χ0) is 13.0. The van der Waals surface area contributed by atoms with E-state index in [9.17, 15) is 14.7 Å². The quantitative estimate of drug-likeness (QED) is 0.590.